The summed E-state index contributed by atoms with van der Waals surface area (Å²) in [6, 6.07) is 0.303. The average Bonchev–Trinajstić information content (AvgIpc) is 2.30. The number of piperidine rings is 1. The Morgan fingerprint density at radius 1 is 1.35 bits per heavy atom. The lowest BCUT2D eigenvalue weighted by Gasteiger charge is -2.34. The van der Waals surface area contributed by atoms with Crippen molar-refractivity contribution in [2.45, 2.75) is 32.7 Å². The molecule has 0 saturated carbocycles. The van der Waals surface area contributed by atoms with E-state index in [-0.39, 0.29) is 5.92 Å². The maximum Gasteiger partial charge on any atom is 0.226 e. The van der Waals surface area contributed by atoms with Gasteiger partial charge in [-0.2, -0.15) is 0 Å². The van der Waals surface area contributed by atoms with Crippen molar-refractivity contribution < 1.29 is 4.79 Å². The van der Waals surface area contributed by atoms with Crippen molar-refractivity contribution >= 4 is 5.91 Å². The highest BCUT2D eigenvalue weighted by Gasteiger charge is 2.27. The van der Waals surface area contributed by atoms with Gasteiger partial charge in [0.1, 0.15) is 0 Å². The minimum Gasteiger partial charge on any atom is -0.339 e. The Kier molecular flexibility index (Phi) is 5.92. The molecule has 1 heterocycles. The van der Waals surface area contributed by atoms with Gasteiger partial charge in [-0.1, -0.05) is 0 Å². The molecule has 4 heteroatoms. The minimum absolute atomic E-state index is 0.237. The van der Waals surface area contributed by atoms with Crippen LogP contribution in [0.15, 0.2) is 0 Å². The Morgan fingerprint density at radius 2 is 1.94 bits per heavy atom. The Bertz CT molecular complexity index is 237. The Balaban J connectivity index is 2.55. The van der Waals surface area contributed by atoms with Gasteiger partial charge in [-0.15, -0.1) is 0 Å². The number of nitrogens with zero attached hydrogens (tertiary/aromatic N) is 2. The first kappa shape index (κ1) is 14.5. The monoisotopic (exact) mass is 241 g/mol. The summed E-state index contributed by atoms with van der Waals surface area (Å²) in [7, 11) is 4.11. The van der Waals surface area contributed by atoms with Crippen molar-refractivity contribution in [1.82, 2.24) is 15.1 Å². The highest BCUT2D eigenvalue weighted by molar-refractivity contribution is 5.79. The van der Waals surface area contributed by atoms with Crippen molar-refractivity contribution in [3.8, 4) is 0 Å². The van der Waals surface area contributed by atoms with Gasteiger partial charge in [0.05, 0.1) is 0 Å². The fourth-order valence-corrected chi connectivity index (χ4v) is 2.62. The fraction of sp³-hybridized carbons (Fsp3) is 0.923. The maximum atomic E-state index is 12.4. The zero-order chi connectivity index (χ0) is 12.8. The molecule has 17 heavy (non-hydrogen) atoms. The van der Waals surface area contributed by atoms with E-state index in [2.05, 4.69) is 38.2 Å². The Hall–Kier alpha value is -0.610. The van der Waals surface area contributed by atoms with Crippen molar-refractivity contribution in [1.29, 1.82) is 0 Å². The molecule has 100 valence electrons. The van der Waals surface area contributed by atoms with Gasteiger partial charge in [-0.05, 0) is 53.9 Å². The second kappa shape index (κ2) is 6.97. The van der Waals surface area contributed by atoms with Crippen LogP contribution in [0.4, 0.5) is 0 Å². The van der Waals surface area contributed by atoms with E-state index in [4.69, 9.17) is 0 Å². The lowest BCUT2D eigenvalue weighted by molar-refractivity contribution is -0.138. The molecule has 0 spiro atoms. The number of carbonyl (C=O) groups excluding carboxylic acids is 1. The SMILES string of the molecule is CCN(C(=O)C1CCNCC1)C(C)CN(C)C. The molecule has 0 aliphatic carbocycles. The van der Waals surface area contributed by atoms with Crippen LogP contribution in [-0.2, 0) is 4.79 Å². The second-order valence-electron chi connectivity index (χ2n) is 5.26. The van der Waals surface area contributed by atoms with Crippen molar-refractivity contribution in [3.05, 3.63) is 0 Å². The molecule has 1 atom stereocenters. The number of rotatable bonds is 5. The van der Waals surface area contributed by atoms with Gasteiger partial charge in [0.25, 0.3) is 0 Å². The molecular weight excluding hydrogens is 214 g/mol. The highest BCUT2D eigenvalue weighted by atomic mass is 16.2. The quantitative estimate of drug-likeness (QED) is 0.773. The summed E-state index contributed by atoms with van der Waals surface area (Å²) in [5.41, 5.74) is 0. The first-order valence-corrected chi connectivity index (χ1v) is 6.72. The van der Waals surface area contributed by atoms with E-state index in [0.29, 0.717) is 11.9 Å². The van der Waals surface area contributed by atoms with Gasteiger partial charge in [-0.3, -0.25) is 4.79 Å². The number of amides is 1. The number of hydrogen-bond acceptors (Lipinski definition) is 3. The predicted molar refractivity (Wildman–Crippen MR) is 71.0 cm³/mol. The lowest BCUT2D eigenvalue weighted by atomic mass is 9.96. The number of likely N-dealkylation sites (N-methyl/N-ethyl adjacent to an activating group) is 2. The van der Waals surface area contributed by atoms with Crippen LogP contribution in [0.5, 0.6) is 0 Å². The summed E-state index contributed by atoms with van der Waals surface area (Å²) in [6.07, 6.45) is 1.98. The van der Waals surface area contributed by atoms with E-state index in [0.717, 1.165) is 39.0 Å². The predicted octanol–water partition coefficient (Wildman–Crippen LogP) is 0.785. The lowest BCUT2D eigenvalue weighted by Crippen LogP contribution is -2.48. The fourth-order valence-electron chi connectivity index (χ4n) is 2.62. The van der Waals surface area contributed by atoms with Gasteiger partial charge >= 0.3 is 0 Å². The van der Waals surface area contributed by atoms with Crippen molar-refractivity contribution in [3.63, 3.8) is 0 Å². The van der Waals surface area contributed by atoms with E-state index in [1.54, 1.807) is 0 Å². The molecule has 0 aromatic rings. The number of hydrogen-bond donors (Lipinski definition) is 1. The molecule has 1 unspecified atom stereocenters. The number of carbonyl (C=O) groups is 1. The Morgan fingerprint density at radius 3 is 2.41 bits per heavy atom. The molecule has 1 aliphatic heterocycles. The van der Waals surface area contributed by atoms with Gasteiger partial charge in [0.2, 0.25) is 5.91 Å². The molecule has 0 aromatic carbocycles. The standard InChI is InChI=1S/C13H27N3O/c1-5-16(11(2)10-15(3)4)13(17)12-6-8-14-9-7-12/h11-12,14H,5-10H2,1-4H3. The largest absolute Gasteiger partial charge is 0.339 e. The third-order valence-corrected chi connectivity index (χ3v) is 3.47. The summed E-state index contributed by atoms with van der Waals surface area (Å²) in [5, 5.41) is 3.31. The van der Waals surface area contributed by atoms with Crippen LogP contribution >= 0.6 is 0 Å². The topological polar surface area (TPSA) is 35.6 Å². The molecule has 4 nitrogen and oxygen atoms in total. The molecule has 0 bridgehead atoms. The van der Waals surface area contributed by atoms with Crippen LogP contribution in [0.2, 0.25) is 0 Å². The average molecular weight is 241 g/mol. The summed E-state index contributed by atoms with van der Waals surface area (Å²) in [6.45, 7) is 7.93. The Labute approximate surface area is 105 Å². The first-order chi connectivity index (χ1) is 8.06. The van der Waals surface area contributed by atoms with E-state index < -0.39 is 0 Å². The van der Waals surface area contributed by atoms with E-state index in [1.807, 2.05) is 4.90 Å². The zero-order valence-corrected chi connectivity index (χ0v) is 11.7. The van der Waals surface area contributed by atoms with Crippen LogP contribution in [0, 0.1) is 5.92 Å². The summed E-state index contributed by atoms with van der Waals surface area (Å²) in [5.74, 6) is 0.587. The molecule has 1 N–H and O–H groups in total. The summed E-state index contributed by atoms with van der Waals surface area (Å²) >= 11 is 0. The molecule has 0 radical (unpaired) electrons. The molecule has 1 saturated heterocycles. The van der Waals surface area contributed by atoms with Gasteiger partial charge in [0.15, 0.2) is 0 Å². The molecule has 1 fully saturated rings. The van der Waals surface area contributed by atoms with Gasteiger partial charge < -0.3 is 15.1 Å². The smallest absolute Gasteiger partial charge is 0.226 e. The molecule has 1 rings (SSSR count). The molecule has 0 aromatic heterocycles. The van der Waals surface area contributed by atoms with Crippen LogP contribution in [0.25, 0.3) is 0 Å². The maximum absolute atomic E-state index is 12.4. The van der Waals surface area contributed by atoms with E-state index in [9.17, 15) is 4.79 Å². The third kappa shape index (κ3) is 4.28. The molecule has 1 aliphatic rings. The van der Waals surface area contributed by atoms with E-state index in [1.165, 1.54) is 0 Å². The van der Waals surface area contributed by atoms with Crippen molar-refractivity contribution in [2.24, 2.45) is 5.92 Å². The molecular formula is C13H27N3O. The van der Waals surface area contributed by atoms with Crippen LogP contribution in [-0.4, -0.2) is 62.0 Å². The van der Waals surface area contributed by atoms with Gasteiger partial charge in [0, 0.05) is 25.0 Å². The third-order valence-electron chi connectivity index (χ3n) is 3.47. The first-order valence-electron chi connectivity index (χ1n) is 6.72. The summed E-state index contributed by atoms with van der Waals surface area (Å²) < 4.78 is 0. The van der Waals surface area contributed by atoms with Crippen molar-refractivity contribution in [2.75, 3.05) is 40.3 Å². The number of nitrogens with one attached hydrogen (secondary N) is 1. The summed E-state index contributed by atoms with van der Waals surface area (Å²) in [4.78, 5) is 16.6. The highest BCUT2D eigenvalue weighted by Crippen LogP contribution is 2.16. The second-order valence-corrected chi connectivity index (χ2v) is 5.26. The van der Waals surface area contributed by atoms with Crippen LogP contribution < -0.4 is 5.32 Å². The van der Waals surface area contributed by atoms with E-state index >= 15 is 0 Å². The minimum atomic E-state index is 0.237. The van der Waals surface area contributed by atoms with Gasteiger partial charge in [-0.25, -0.2) is 0 Å². The normalized spacial score (nSPS) is 19.4. The molecule has 1 amide bonds. The van der Waals surface area contributed by atoms with Crippen LogP contribution in [0.1, 0.15) is 26.7 Å². The zero-order valence-electron chi connectivity index (χ0n) is 11.7. The van der Waals surface area contributed by atoms with Crippen LogP contribution in [0.3, 0.4) is 0 Å².